The van der Waals surface area contributed by atoms with Crippen molar-refractivity contribution >= 4 is 17.7 Å². The number of nitrogens with one attached hydrogen (secondary N) is 2. The number of carbonyl (C=O) groups is 1. The summed E-state index contributed by atoms with van der Waals surface area (Å²) >= 11 is -0.193. The van der Waals surface area contributed by atoms with Crippen molar-refractivity contribution < 1.29 is 18.0 Å². The summed E-state index contributed by atoms with van der Waals surface area (Å²) in [4.78, 5) is 30.7. The third kappa shape index (κ3) is 6.13. The van der Waals surface area contributed by atoms with E-state index in [2.05, 4.69) is 15.3 Å². The van der Waals surface area contributed by atoms with Crippen LogP contribution >= 0.6 is 11.8 Å². The second-order valence-corrected chi connectivity index (χ2v) is 8.24. The fraction of sp³-hybridized carbons (Fsp3) is 0.389. The van der Waals surface area contributed by atoms with E-state index >= 15 is 0 Å². The van der Waals surface area contributed by atoms with Crippen molar-refractivity contribution in [1.82, 2.24) is 15.3 Å². The zero-order valence-electron chi connectivity index (χ0n) is 15.3. The Kier molecular flexibility index (Phi) is 6.04. The molecule has 0 bridgehead atoms. The predicted octanol–water partition coefficient (Wildman–Crippen LogP) is 4.21. The largest absolute Gasteiger partial charge is 0.446 e. The molecule has 0 radical (unpaired) electrons. The molecule has 2 N–H and O–H groups in total. The number of hydrogen-bond donors (Lipinski definition) is 2. The van der Waals surface area contributed by atoms with E-state index in [-0.39, 0.29) is 22.4 Å². The maximum absolute atomic E-state index is 12.6. The van der Waals surface area contributed by atoms with Crippen molar-refractivity contribution in [2.45, 2.75) is 44.1 Å². The summed E-state index contributed by atoms with van der Waals surface area (Å²) in [7, 11) is 0. The smallest absolute Gasteiger partial charge is 0.343 e. The van der Waals surface area contributed by atoms with Gasteiger partial charge in [0.25, 0.3) is 11.5 Å². The van der Waals surface area contributed by atoms with E-state index in [0.29, 0.717) is 11.4 Å². The summed E-state index contributed by atoms with van der Waals surface area (Å²) in [6, 6.07) is 6.46. The maximum Gasteiger partial charge on any atom is 0.446 e. The molecule has 9 heteroatoms. The average molecular weight is 399 g/mol. The van der Waals surface area contributed by atoms with E-state index in [1.54, 1.807) is 19.1 Å². The van der Waals surface area contributed by atoms with Crippen molar-refractivity contribution in [3.05, 3.63) is 57.8 Å². The zero-order valence-corrected chi connectivity index (χ0v) is 16.1. The molecule has 27 heavy (non-hydrogen) atoms. The van der Waals surface area contributed by atoms with Crippen LogP contribution in [0.25, 0.3) is 0 Å². The summed E-state index contributed by atoms with van der Waals surface area (Å²) in [5.41, 5.74) is -4.58. The molecule has 0 aliphatic rings. The van der Waals surface area contributed by atoms with Gasteiger partial charge in [0.15, 0.2) is 0 Å². The number of alkyl halides is 3. The molecule has 0 aliphatic heterocycles. The minimum Gasteiger partial charge on any atom is -0.343 e. The average Bonchev–Trinajstić information content (AvgIpc) is 2.50. The monoisotopic (exact) mass is 399 g/mol. The van der Waals surface area contributed by atoms with Gasteiger partial charge in [0.05, 0.1) is 6.04 Å². The molecule has 1 aromatic heterocycles. The molecule has 0 unspecified atom stereocenters. The molecular formula is C18H20F3N3O2S. The second-order valence-electron chi connectivity index (χ2n) is 7.11. The highest BCUT2D eigenvalue weighted by Crippen LogP contribution is 2.38. The number of hydrogen-bond acceptors (Lipinski definition) is 4. The first-order chi connectivity index (χ1) is 12.3. The highest BCUT2D eigenvalue weighted by atomic mass is 32.2. The third-order valence-electron chi connectivity index (χ3n) is 3.68. The van der Waals surface area contributed by atoms with Crippen LogP contribution in [0.1, 0.15) is 48.7 Å². The van der Waals surface area contributed by atoms with Gasteiger partial charge in [-0.2, -0.15) is 13.2 Å². The first-order valence-corrected chi connectivity index (χ1v) is 8.91. The van der Waals surface area contributed by atoms with Crippen molar-refractivity contribution in [1.29, 1.82) is 0 Å². The zero-order chi connectivity index (χ0) is 20.4. The number of carbonyl (C=O) groups excluding carboxylic acids is 1. The number of aromatic amines is 1. The Labute approximate surface area is 158 Å². The lowest BCUT2D eigenvalue weighted by Gasteiger charge is -2.32. The van der Waals surface area contributed by atoms with Crippen LogP contribution in [0.15, 0.2) is 40.0 Å². The Bertz CT molecular complexity index is 871. The van der Waals surface area contributed by atoms with Gasteiger partial charge in [0.1, 0.15) is 11.5 Å². The van der Waals surface area contributed by atoms with E-state index in [1.165, 1.54) is 12.1 Å². The molecular weight excluding hydrogens is 379 g/mol. The van der Waals surface area contributed by atoms with E-state index < -0.39 is 28.4 Å². The van der Waals surface area contributed by atoms with Crippen molar-refractivity contribution in [2.24, 2.45) is 5.41 Å². The maximum atomic E-state index is 12.6. The molecule has 1 aromatic carbocycles. The van der Waals surface area contributed by atoms with Gasteiger partial charge in [-0.3, -0.25) is 9.59 Å². The lowest BCUT2D eigenvalue weighted by atomic mass is 9.82. The summed E-state index contributed by atoms with van der Waals surface area (Å²) in [6.45, 7) is 7.25. The van der Waals surface area contributed by atoms with Crippen LogP contribution in [-0.4, -0.2) is 21.4 Å². The second kappa shape index (κ2) is 7.75. The lowest BCUT2D eigenvalue weighted by molar-refractivity contribution is -0.0328. The Morgan fingerprint density at radius 1 is 1.19 bits per heavy atom. The number of thioether (sulfide) groups is 1. The highest BCUT2D eigenvalue weighted by molar-refractivity contribution is 8.00. The standard InChI is InChI=1S/C18H20F3N3O2S/c1-10-22-13(9-14(25)23-10)16(26)24-15(17(2,3)4)11-5-7-12(8-6-11)27-18(19,20)21/h5-9,15H,1-4H3,(H,24,26)(H,22,23,25)/t15-/m0/s1. The molecule has 2 aromatic rings. The molecule has 1 amide bonds. The SMILES string of the molecule is Cc1nc(C(=O)N[C@@H](c2ccc(SC(F)(F)F)cc2)C(C)(C)C)cc(=O)[nH]1. The minimum atomic E-state index is -4.36. The Balaban J connectivity index is 2.28. The molecule has 0 aliphatic carbocycles. The molecule has 5 nitrogen and oxygen atoms in total. The van der Waals surface area contributed by atoms with Crippen LogP contribution in [0, 0.1) is 12.3 Å². The molecule has 0 saturated carbocycles. The lowest BCUT2D eigenvalue weighted by Crippen LogP contribution is -2.37. The number of amides is 1. The number of halogens is 3. The van der Waals surface area contributed by atoms with Gasteiger partial charge < -0.3 is 10.3 Å². The third-order valence-corrected chi connectivity index (χ3v) is 4.42. The van der Waals surface area contributed by atoms with Crippen molar-refractivity contribution in [3.8, 4) is 0 Å². The first kappa shape index (κ1) is 21.0. The van der Waals surface area contributed by atoms with Crippen molar-refractivity contribution in [3.63, 3.8) is 0 Å². The predicted molar refractivity (Wildman–Crippen MR) is 97.6 cm³/mol. The molecule has 2 rings (SSSR count). The number of benzene rings is 1. The summed E-state index contributed by atoms with van der Waals surface area (Å²) in [5.74, 6) is -0.216. The molecule has 0 saturated heterocycles. The van der Waals surface area contributed by atoms with Crippen LogP contribution in [-0.2, 0) is 0 Å². The molecule has 0 spiro atoms. The Hall–Kier alpha value is -2.29. The summed E-state index contributed by atoms with van der Waals surface area (Å²) in [5, 5.41) is 2.83. The minimum absolute atomic E-state index is 0.0188. The number of aryl methyl sites for hydroxylation is 1. The fourth-order valence-electron chi connectivity index (χ4n) is 2.56. The number of nitrogens with zero attached hydrogens (tertiary/aromatic N) is 1. The Morgan fingerprint density at radius 3 is 2.26 bits per heavy atom. The molecule has 1 atom stereocenters. The van der Waals surface area contributed by atoms with Gasteiger partial charge in [0.2, 0.25) is 0 Å². The van der Waals surface area contributed by atoms with Gasteiger partial charge >= 0.3 is 5.51 Å². The first-order valence-electron chi connectivity index (χ1n) is 8.10. The van der Waals surface area contributed by atoms with Gasteiger partial charge in [-0.1, -0.05) is 32.9 Å². The van der Waals surface area contributed by atoms with Crippen LogP contribution < -0.4 is 10.9 Å². The summed E-state index contributed by atoms with van der Waals surface area (Å²) in [6.07, 6.45) is 0. The van der Waals surface area contributed by atoms with Crippen LogP contribution in [0.5, 0.6) is 0 Å². The van der Waals surface area contributed by atoms with Crippen LogP contribution in [0.4, 0.5) is 13.2 Å². The topological polar surface area (TPSA) is 74.8 Å². The number of aromatic nitrogens is 2. The normalized spacial score (nSPS) is 13.3. The van der Waals surface area contributed by atoms with Crippen molar-refractivity contribution in [2.75, 3.05) is 0 Å². The molecule has 0 fully saturated rings. The van der Waals surface area contributed by atoms with Gasteiger partial charge in [0, 0.05) is 11.0 Å². The van der Waals surface area contributed by atoms with E-state index in [9.17, 15) is 22.8 Å². The van der Waals surface area contributed by atoms with E-state index in [4.69, 9.17) is 0 Å². The summed E-state index contributed by atoms with van der Waals surface area (Å²) < 4.78 is 37.5. The van der Waals surface area contributed by atoms with E-state index in [1.807, 2.05) is 20.8 Å². The van der Waals surface area contributed by atoms with Crippen LogP contribution in [0.2, 0.25) is 0 Å². The highest BCUT2D eigenvalue weighted by Gasteiger charge is 2.31. The quantitative estimate of drug-likeness (QED) is 0.756. The van der Waals surface area contributed by atoms with E-state index in [0.717, 1.165) is 6.07 Å². The number of H-pyrrole nitrogens is 1. The Morgan fingerprint density at radius 2 is 1.78 bits per heavy atom. The van der Waals surface area contributed by atoms with Crippen LogP contribution in [0.3, 0.4) is 0 Å². The molecule has 1 heterocycles. The number of rotatable bonds is 4. The van der Waals surface area contributed by atoms with Gasteiger partial charge in [-0.05, 0) is 41.8 Å². The molecule has 146 valence electrons. The van der Waals surface area contributed by atoms with Gasteiger partial charge in [-0.15, -0.1) is 0 Å². The van der Waals surface area contributed by atoms with Gasteiger partial charge in [-0.25, -0.2) is 4.98 Å². The fourth-order valence-corrected chi connectivity index (χ4v) is 3.10.